The van der Waals surface area contributed by atoms with Crippen molar-refractivity contribution in [2.45, 2.75) is 205 Å². The summed E-state index contributed by atoms with van der Waals surface area (Å²) in [6, 6.07) is -1.06. The first-order valence-electron chi connectivity index (χ1n) is 21.4. The Morgan fingerprint density at radius 2 is 1.09 bits per heavy atom. The quantitative estimate of drug-likeness (QED) is 0.0375. The number of amides is 2. The van der Waals surface area contributed by atoms with E-state index in [0.717, 1.165) is 38.5 Å². The second-order valence-corrected chi connectivity index (χ2v) is 14.8. The molecule has 1 heterocycles. The van der Waals surface area contributed by atoms with Gasteiger partial charge >= 0.3 is 11.9 Å². The van der Waals surface area contributed by atoms with Crippen LogP contribution in [0.25, 0.3) is 0 Å². The Kier molecular flexibility index (Phi) is 31.1. The number of aliphatic hydroxyl groups excluding tert-OH is 4. The van der Waals surface area contributed by atoms with Crippen molar-refractivity contribution in [3.63, 3.8) is 0 Å². The van der Waals surface area contributed by atoms with Gasteiger partial charge in [-0.1, -0.05) is 129 Å². The second kappa shape index (κ2) is 33.7. The van der Waals surface area contributed by atoms with E-state index in [1.165, 1.54) is 83.5 Å². The molecule has 1 saturated heterocycles. The lowest BCUT2D eigenvalue weighted by Crippen LogP contribution is -2.59. The number of hydrogen-bond acceptors (Lipinski definition) is 12. The zero-order valence-electron chi connectivity index (χ0n) is 34.0. The predicted molar refractivity (Wildman–Crippen MR) is 209 cm³/mol. The first-order chi connectivity index (χ1) is 26.6. The SMILES string of the molecule is CCCCCCCCCCCCOC(=O)CCC(NC(=O)CCC(=O)NCCO[C@@H]1O[C@H](CO)[C@@H](O)[C@H](O)[C@H]1O)C(=O)OCCCCCCCCCCCC. The van der Waals surface area contributed by atoms with Crippen molar-refractivity contribution in [1.82, 2.24) is 10.6 Å². The van der Waals surface area contributed by atoms with Gasteiger partial charge in [-0.15, -0.1) is 0 Å². The zero-order chi connectivity index (χ0) is 40.5. The van der Waals surface area contributed by atoms with Gasteiger partial charge in [0.05, 0.1) is 26.4 Å². The summed E-state index contributed by atoms with van der Waals surface area (Å²) in [7, 11) is 0. The van der Waals surface area contributed by atoms with E-state index in [9.17, 15) is 39.6 Å². The fourth-order valence-corrected chi connectivity index (χ4v) is 6.37. The summed E-state index contributed by atoms with van der Waals surface area (Å²) in [4.78, 5) is 50.7. The maximum Gasteiger partial charge on any atom is 0.328 e. The van der Waals surface area contributed by atoms with E-state index in [4.69, 9.17) is 18.9 Å². The molecule has 322 valence electrons. The number of carbonyl (C=O) groups excluding carboxylic acids is 4. The minimum absolute atomic E-state index is 0.00931. The molecule has 1 rings (SSSR count). The van der Waals surface area contributed by atoms with E-state index in [0.29, 0.717) is 13.0 Å². The summed E-state index contributed by atoms with van der Waals surface area (Å²) in [5.41, 5.74) is 0. The smallest absolute Gasteiger partial charge is 0.328 e. The molecule has 55 heavy (non-hydrogen) atoms. The third-order valence-corrected chi connectivity index (χ3v) is 9.89. The van der Waals surface area contributed by atoms with Crippen molar-refractivity contribution < 1.29 is 58.6 Å². The fourth-order valence-electron chi connectivity index (χ4n) is 6.37. The Bertz CT molecular complexity index is 1000. The Labute approximate surface area is 330 Å². The Morgan fingerprint density at radius 1 is 0.600 bits per heavy atom. The van der Waals surface area contributed by atoms with Crippen LogP contribution in [0.15, 0.2) is 0 Å². The molecule has 1 aliphatic rings. The predicted octanol–water partition coefficient (Wildman–Crippen LogP) is 4.89. The highest BCUT2D eigenvalue weighted by molar-refractivity contribution is 5.87. The maximum absolute atomic E-state index is 13.0. The summed E-state index contributed by atoms with van der Waals surface area (Å²) in [5, 5.41) is 44.3. The van der Waals surface area contributed by atoms with Crippen molar-refractivity contribution >= 4 is 23.8 Å². The topological polar surface area (TPSA) is 210 Å². The molecule has 0 aliphatic carbocycles. The average molecular weight is 789 g/mol. The Balaban J connectivity index is 2.44. The monoisotopic (exact) mass is 789 g/mol. The largest absolute Gasteiger partial charge is 0.466 e. The van der Waals surface area contributed by atoms with Gasteiger partial charge in [-0.2, -0.15) is 0 Å². The third kappa shape index (κ3) is 25.5. The van der Waals surface area contributed by atoms with E-state index in [1.54, 1.807) is 0 Å². The highest BCUT2D eigenvalue weighted by atomic mass is 16.7. The molecule has 6 N–H and O–H groups in total. The van der Waals surface area contributed by atoms with Crippen molar-refractivity contribution in [1.29, 1.82) is 0 Å². The lowest BCUT2D eigenvalue weighted by molar-refractivity contribution is -0.300. The molecule has 14 heteroatoms. The number of carbonyl (C=O) groups is 4. The molecule has 1 fully saturated rings. The molecule has 0 aromatic heterocycles. The first-order valence-corrected chi connectivity index (χ1v) is 21.4. The molecule has 6 atom stereocenters. The van der Waals surface area contributed by atoms with Gasteiger partial charge in [0.1, 0.15) is 30.5 Å². The molecule has 0 spiro atoms. The highest BCUT2D eigenvalue weighted by Gasteiger charge is 2.44. The number of aliphatic hydroxyl groups is 4. The number of nitrogens with one attached hydrogen (secondary N) is 2. The lowest BCUT2D eigenvalue weighted by Gasteiger charge is -2.39. The normalized spacial score (nSPS) is 20.1. The Morgan fingerprint density at radius 3 is 1.62 bits per heavy atom. The van der Waals surface area contributed by atoms with Crippen molar-refractivity contribution in [3.05, 3.63) is 0 Å². The van der Waals surface area contributed by atoms with Gasteiger partial charge < -0.3 is 50.0 Å². The molecule has 0 saturated carbocycles. The van der Waals surface area contributed by atoms with E-state index < -0.39 is 67.1 Å². The van der Waals surface area contributed by atoms with Gasteiger partial charge in [-0.3, -0.25) is 14.4 Å². The van der Waals surface area contributed by atoms with Crippen LogP contribution in [0.3, 0.4) is 0 Å². The van der Waals surface area contributed by atoms with Crippen LogP contribution in [-0.2, 0) is 38.1 Å². The minimum atomic E-state index is -1.58. The Hall–Kier alpha value is -2.36. The van der Waals surface area contributed by atoms with Gasteiger partial charge in [0.15, 0.2) is 6.29 Å². The molecule has 0 radical (unpaired) electrons. The summed E-state index contributed by atoms with van der Waals surface area (Å²) in [6.45, 7) is 4.24. The second-order valence-electron chi connectivity index (χ2n) is 14.8. The summed E-state index contributed by atoms with van der Waals surface area (Å²) in [5.74, 6) is -2.08. The number of ether oxygens (including phenoxy) is 4. The van der Waals surface area contributed by atoms with Crippen LogP contribution in [0.4, 0.5) is 0 Å². The average Bonchev–Trinajstić information content (AvgIpc) is 3.18. The van der Waals surface area contributed by atoms with Crippen LogP contribution in [0.2, 0.25) is 0 Å². The standard InChI is InChI=1S/C41H76N2O12/c1-3-5-7-9-11-13-15-17-19-21-28-52-36(47)26-23-32(40(51)53-29-22-20-18-16-14-12-10-8-6-4-2)43-35(46)25-24-34(45)42-27-30-54-41-39(50)38(49)37(48)33(31-44)55-41/h32-33,37-39,41,44,48-50H,3-31H2,1-2H3,(H,42,45)(H,43,46)/t32?,33-,37-,38+,39-,41-/m1/s1. The van der Waals surface area contributed by atoms with Crippen molar-refractivity contribution in [3.8, 4) is 0 Å². The minimum Gasteiger partial charge on any atom is -0.466 e. The van der Waals surface area contributed by atoms with Crippen molar-refractivity contribution in [2.75, 3.05) is 33.0 Å². The number of esters is 2. The van der Waals surface area contributed by atoms with E-state index in [1.807, 2.05) is 0 Å². The zero-order valence-corrected chi connectivity index (χ0v) is 34.0. The number of rotatable bonds is 35. The van der Waals surface area contributed by atoms with Crippen LogP contribution in [0.1, 0.15) is 168 Å². The van der Waals surface area contributed by atoms with Crippen LogP contribution in [-0.4, -0.2) is 114 Å². The first kappa shape index (κ1) is 50.7. The molecule has 0 aromatic rings. The van der Waals surface area contributed by atoms with Crippen LogP contribution in [0, 0.1) is 0 Å². The lowest BCUT2D eigenvalue weighted by atomic mass is 9.99. The van der Waals surface area contributed by atoms with Crippen molar-refractivity contribution in [2.24, 2.45) is 0 Å². The molecule has 1 aliphatic heterocycles. The number of unbranched alkanes of at least 4 members (excludes halogenated alkanes) is 18. The molecule has 2 amide bonds. The molecule has 1 unspecified atom stereocenters. The van der Waals surface area contributed by atoms with E-state index in [-0.39, 0.29) is 45.4 Å². The molecular formula is C41H76N2O12. The van der Waals surface area contributed by atoms with Gasteiger partial charge in [-0.25, -0.2) is 4.79 Å². The van der Waals surface area contributed by atoms with Gasteiger partial charge in [0.2, 0.25) is 11.8 Å². The van der Waals surface area contributed by atoms with Crippen LogP contribution >= 0.6 is 0 Å². The summed E-state index contributed by atoms with van der Waals surface area (Å²) >= 11 is 0. The van der Waals surface area contributed by atoms with Crippen LogP contribution < -0.4 is 10.6 Å². The van der Waals surface area contributed by atoms with Gasteiger partial charge in [0, 0.05) is 25.8 Å². The third-order valence-electron chi connectivity index (χ3n) is 9.89. The maximum atomic E-state index is 13.0. The molecule has 14 nitrogen and oxygen atoms in total. The summed E-state index contributed by atoms with van der Waals surface area (Å²) in [6.07, 6.45) is 15.6. The van der Waals surface area contributed by atoms with Gasteiger partial charge in [-0.05, 0) is 19.3 Å². The summed E-state index contributed by atoms with van der Waals surface area (Å²) < 4.78 is 21.5. The van der Waals surface area contributed by atoms with Gasteiger partial charge in [0.25, 0.3) is 0 Å². The molecular weight excluding hydrogens is 712 g/mol. The van der Waals surface area contributed by atoms with E-state index in [2.05, 4.69) is 24.5 Å². The van der Waals surface area contributed by atoms with Crippen LogP contribution in [0.5, 0.6) is 0 Å². The number of hydrogen-bond donors (Lipinski definition) is 6. The molecule has 0 aromatic carbocycles. The molecule has 0 bridgehead atoms. The fraction of sp³-hybridized carbons (Fsp3) is 0.902. The highest BCUT2D eigenvalue weighted by Crippen LogP contribution is 2.22. The van der Waals surface area contributed by atoms with E-state index >= 15 is 0 Å².